The minimum Gasteiger partial charge on any atom is -0.451 e. The number of aryl methyl sites for hydroxylation is 2. The van der Waals surface area contributed by atoms with E-state index in [2.05, 4.69) is 17.6 Å². The Hall–Kier alpha value is -1.89. The van der Waals surface area contributed by atoms with Crippen LogP contribution >= 0.6 is 11.3 Å². The molecule has 1 aromatic rings. The van der Waals surface area contributed by atoms with Gasteiger partial charge in [-0.3, -0.25) is 10.1 Å². The Morgan fingerprint density at radius 1 is 1.24 bits per heavy atom. The highest BCUT2D eigenvalue weighted by atomic mass is 32.1. The molecule has 3 amide bonds. The lowest BCUT2D eigenvalue weighted by molar-refractivity contribution is -0.123. The Morgan fingerprint density at radius 3 is 2.60 bits per heavy atom. The zero-order valence-electron chi connectivity index (χ0n) is 14.9. The molecule has 1 saturated carbocycles. The van der Waals surface area contributed by atoms with Crippen LogP contribution in [0.4, 0.5) is 4.79 Å². The van der Waals surface area contributed by atoms with Gasteiger partial charge in [-0.05, 0) is 37.3 Å². The van der Waals surface area contributed by atoms with E-state index in [9.17, 15) is 14.4 Å². The van der Waals surface area contributed by atoms with Crippen molar-refractivity contribution in [1.82, 2.24) is 10.6 Å². The average Bonchev–Trinajstić information content (AvgIpc) is 3.22. The molecule has 0 atom stereocenters. The summed E-state index contributed by atoms with van der Waals surface area (Å²) in [6.45, 7) is 3.68. The number of amides is 3. The Morgan fingerprint density at radius 2 is 1.96 bits per heavy atom. The number of rotatable bonds is 7. The van der Waals surface area contributed by atoms with Crippen LogP contribution in [0, 0.1) is 0 Å². The van der Waals surface area contributed by atoms with Gasteiger partial charge in [0, 0.05) is 10.9 Å². The van der Waals surface area contributed by atoms with Gasteiger partial charge in [-0.1, -0.05) is 33.1 Å². The summed E-state index contributed by atoms with van der Waals surface area (Å²) in [4.78, 5) is 37.3. The quantitative estimate of drug-likeness (QED) is 0.726. The van der Waals surface area contributed by atoms with E-state index < -0.39 is 24.5 Å². The summed E-state index contributed by atoms with van der Waals surface area (Å²) < 4.78 is 5.03. The van der Waals surface area contributed by atoms with Crippen molar-refractivity contribution in [3.63, 3.8) is 0 Å². The number of hydrogen-bond donors (Lipinski definition) is 2. The molecule has 138 valence electrons. The normalized spacial score (nSPS) is 14.3. The van der Waals surface area contributed by atoms with Gasteiger partial charge in [0.05, 0.1) is 0 Å². The molecular formula is C18H26N2O4S. The molecule has 1 heterocycles. The second-order valence-electron chi connectivity index (χ2n) is 6.24. The van der Waals surface area contributed by atoms with E-state index in [0.29, 0.717) is 4.88 Å². The van der Waals surface area contributed by atoms with Crippen LogP contribution in [0.3, 0.4) is 0 Å². The van der Waals surface area contributed by atoms with Crippen molar-refractivity contribution < 1.29 is 19.1 Å². The number of urea groups is 1. The Balaban J connectivity index is 1.78. The van der Waals surface area contributed by atoms with E-state index in [0.717, 1.165) is 50.5 Å². The summed E-state index contributed by atoms with van der Waals surface area (Å²) in [5.74, 6) is -1.14. The zero-order valence-corrected chi connectivity index (χ0v) is 15.7. The Kier molecular flexibility index (Phi) is 7.43. The van der Waals surface area contributed by atoms with Crippen LogP contribution in [0.5, 0.6) is 0 Å². The lowest BCUT2D eigenvalue weighted by Gasteiger charge is -2.12. The molecule has 6 nitrogen and oxygen atoms in total. The number of imide groups is 1. The molecule has 0 spiro atoms. The van der Waals surface area contributed by atoms with Gasteiger partial charge >= 0.3 is 12.0 Å². The topological polar surface area (TPSA) is 84.5 Å². The average molecular weight is 366 g/mol. The first-order valence-electron chi connectivity index (χ1n) is 8.92. The van der Waals surface area contributed by atoms with Crippen molar-refractivity contribution in [3.8, 4) is 0 Å². The molecule has 0 radical (unpaired) electrons. The molecule has 0 aromatic carbocycles. The molecule has 0 saturated heterocycles. The Labute approximate surface area is 152 Å². The number of hydrogen-bond acceptors (Lipinski definition) is 5. The first-order valence-corrected chi connectivity index (χ1v) is 9.74. The zero-order chi connectivity index (χ0) is 18.2. The fourth-order valence-electron chi connectivity index (χ4n) is 2.96. The molecule has 7 heteroatoms. The maximum Gasteiger partial charge on any atom is 0.348 e. The van der Waals surface area contributed by atoms with Crippen LogP contribution in [0.25, 0.3) is 0 Å². The third-order valence-electron chi connectivity index (χ3n) is 4.23. The van der Waals surface area contributed by atoms with Gasteiger partial charge in [0.15, 0.2) is 6.61 Å². The summed E-state index contributed by atoms with van der Waals surface area (Å²) >= 11 is 1.42. The molecule has 0 aliphatic heterocycles. The fraction of sp³-hybridized carbons (Fsp3) is 0.611. The monoisotopic (exact) mass is 366 g/mol. The van der Waals surface area contributed by atoms with E-state index in [-0.39, 0.29) is 6.04 Å². The predicted octanol–water partition coefficient (Wildman–Crippen LogP) is 3.19. The predicted molar refractivity (Wildman–Crippen MR) is 96.9 cm³/mol. The van der Waals surface area contributed by atoms with E-state index >= 15 is 0 Å². The SMILES string of the molecule is CCCc1sc(C(=O)OCC(=O)NC(=O)NC2CCCC2)cc1CC. The van der Waals surface area contributed by atoms with Crippen molar-refractivity contribution in [3.05, 3.63) is 21.4 Å². The van der Waals surface area contributed by atoms with Crippen LogP contribution in [-0.2, 0) is 22.4 Å². The summed E-state index contributed by atoms with van der Waals surface area (Å²) in [5, 5.41) is 4.95. The second kappa shape index (κ2) is 9.56. The number of ether oxygens (including phenoxy) is 1. The van der Waals surface area contributed by atoms with Gasteiger partial charge in [0.1, 0.15) is 4.88 Å². The second-order valence-corrected chi connectivity index (χ2v) is 7.38. The van der Waals surface area contributed by atoms with Gasteiger partial charge in [-0.25, -0.2) is 9.59 Å². The number of thiophene rings is 1. The standard InChI is InChI=1S/C18H26N2O4S/c1-3-7-14-12(4-2)10-15(25-14)17(22)24-11-16(21)20-18(23)19-13-8-5-6-9-13/h10,13H,3-9,11H2,1-2H3,(H2,19,20,21,23). The molecule has 0 unspecified atom stereocenters. The summed E-state index contributed by atoms with van der Waals surface area (Å²) in [5.41, 5.74) is 1.15. The fourth-order valence-corrected chi connectivity index (χ4v) is 4.21. The highest BCUT2D eigenvalue weighted by Crippen LogP contribution is 2.25. The molecule has 0 bridgehead atoms. The summed E-state index contributed by atoms with van der Waals surface area (Å²) in [6.07, 6.45) is 6.88. The van der Waals surface area contributed by atoms with E-state index in [4.69, 9.17) is 4.74 Å². The lowest BCUT2D eigenvalue weighted by Crippen LogP contribution is -2.44. The van der Waals surface area contributed by atoms with E-state index in [1.807, 2.05) is 13.0 Å². The molecular weight excluding hydrogens is 340 g/mol. The highest BCUT2D eigenvalue weighted by Gasteiger charge is 2.19. The molecule has 2 rings (SSSR count). The maximum atomic E-state index is 12.1. The van der Waals surface area contributed by atoms with Crippen LogP contribution in [0.1, 0.15) is 66.1 Å². The lowest BCUT2D eigenvalue weighted by atomic mass is 10.1. The smallest absolute Gasteiger partial charge is 0.348 e. The minimum absolute atomic E-state index is 0.130. The maximum absolute atomic E-state index is 12.1. The van der Waals surface area contributed by atoms with Crippen molar-refractivity contribution in [2.24, 2.45) is 0 Å². The van der Waals surface area contributed by atoms with Gasteiger partial charge in [0.25, 0.3) is 5.91 Å². The van der Waals surface area contributed by atoms with E-state index in [1.165, 1.54) is 16.2 Å². The van der Waals surface area contributed by atoms with Crippen LogP contribution in [0.15, 0.2) is 6.07 Å². The first-order chi connectivity index (χ1) is 12.0. The molecule has 2 N–H and O–H groups in total. The van der Waals surface area contributed by atoms with Crippen molar-refractivity contribution >= 4 is 29.2 Å². The van der Waals surface area contributed by atoms with Crippen molar-refractivity contribution in [2.75, 3.05) is 6.61 Å². The number of carbonyl (C=O) groups excluding carboxylic acids is 3. The highest BCUT2D eigenvalue weighted by molar-refractivity contribution is 7.14. The Bertz CT molecular complexity index is 621. The number of nitrogens with one attached hydrogen (secondary N) is 2. The van der Waals surface area contributed by atoms with Crippen LogP contribution < -0.4 is 10.6 Å². The third-order valence-corrected chi connectivity index (χ3v) is 5.45. The van der Waals surface area contributed by atoms with Gasteiger partial charge in [-0.2, -0.15) is 0 Å². The number of carbonyl (C=O) groups is 3. The van der Waals surface area contributed by atoms with E-state index in [1.54, 1.807) is 0 Å². The summed E-state index contributed by atoms with van der Waals surface area (Å²) in [7, 11) is 0. The van der Waals surface area contributed by atoms with Gasteiger partial charge in [0.2, 0.25) is 0 Å². The van der Waals surface area contributed by atoms with Crippen LogP contribution in [0.2, 0.25) is 0 Å². The molecule has 1 fully saturated rings. The molecule has 1 aliphatic carbocycles. The summed E-state index contributed by atoms with van der Waals surface area (Å²) in [6, 6.07) is 1.44. The molecule has 1 aliphatic rings. The minimum atomic E-state index is -0.620. The molecule has 1 aromatic heterocycles. The van der Waals surface area contributed by atoms with Crippen molar-refractivity contribution in [1.29, 1.82) is 0 Å². The third kappa shape index (κ3) is 5.85. The van der Waals surface area contributed by atoms with Gasteiger partial charge < -0.3 is 10.1 Å². The van der Waals surface area contributed by atoms with Gasteiger partial charge in [-0.15, -0.1) is 11.3 Å². The largest absolute Gasteiger partial charge is 0.451 e. The van der Waals surface area contributed by atoms with Crippen LogP contribution in [-0.4, -0.2) is 30.6 Å². The number of esters is 1. The molecule has 25 heavy (non-hydrogen) atoms. The van der Waals surface area contributed by atoms with Crippen molar-refractivity contribution in [2.45, 2.75) is 64.8 Å². The first kappa shape index (κ1) is 19.4.